The molecule has 5 rings (SSSR count). The molecule has 140 valence electrons. The maximum Gasteiger partial charge on any atom is 0.343 e. The molecule has 1 saturated carbocycles. The number of imide groups is 1. The number of amides is 2. The molecule has 28 heavy (non-hydrogen) atoms. The molecule has 6 heteroatoms. The molecular formula is C22H16ClNO4. The molecule has 2 aromatic rings. The Labute approximate surface area is 166 Å². The van der Waals surface area contributed by atoms with E-state index in [4.69, 9.17) is 16.3 Å². The lowest BCUT2D eigenvalue weighted by Gasteiger charge is -2.18. The van der Waals surface area contributed by atoms with Gasteiger partial charge >= 0.3 is 5.97 Å². The average Bonchev–Trinajstić information content (AvgIpc) is 3.37. The molecule has 2 aromatic carbocycles. The van der Waals surface area contributed by atoms with Crippen LogP contribution in [0.2, 0.25) is 5.02 Å². The Bertz CT molecular complexity index is 1020. The summed E-state index contributed by atoms with van der Waals surface area (Å²) in [5.41, 5.74) is 0.647. The first-order valence-corrected chi connectivity index (χ1v) is 9.55. The molecule has 0 aromatic heterocycles. The van der Waals surface area contributed by atoms with Crippen molar-refractivity contribution >= 4 is 35.1 Å². The third-order valence-corrected chi connectivity index (χ3v) is 6.16. The van der Waals surface area contributed by atoms with Crippen LogP contribution in [0.4, 0.5) is 5.69 Å². The normalized spacial score (nSPS) is 27.4. The number of hydrogen-bond donors (Lipinski definition) is 0. The van der Waals surface area contributed by atoms with Crippen LogP contribution in [-0.2, 0) is 9.59 Å². The van der Waals surface area contributed by atoms with Crippen LogP contribution >= 0.6 is 11.6 Å². The molecule has 2 fully saturated rings. The van der Waals surface area contributed by atoms with E-state index in [-0.39, 0.29) is 46.8 Å². The zero-order valence-corrected chi connectivity index (χ0v) is 15.5. The Morgan fingerprint density at radius 3 is 2.32 bits per heavy atom. The van der Waals surface area contributed by atoms with Crippen molar-refractivity contribution in [3.8, 4) is 5.75 Å². The van der Waals surface area contributed by atoms with Gasteiger partial charge in [0.2, 0.25) is 11.8 Å². The number of anilines is 1. The van der Waals surface area contributed by atoms with Gasteiger partial charge in [0.1, 0.15) is 5.75 Å². The van der Waals surface area contributed by atoms with E-state index >= 15 is 0 Å². The second kappa shape index (κ2) is 6.31. The van der Waals surface area contributed by atoms with Crippen LogP contribution in [0.25, 0.3) is 0 Å². The first-order chi connectivity index (χ1) is 13.5. The molecule has 0 N–H and O–H groups in total. The summed E-state index contributed by atoms with van der Waals surface area (Å²) in [6.45, 7) is 0. The molecular weight excluding hydrogens is 378 g/mol. The number of halogens is 1. The van der Waals surface area contributed by atoms with Gasteiger partial charge in [0.15, 0.2) is 0 Å². The Morgan fingerprint density at radius 2 is 1.64 bits per heavy atom. The molecule has 0 unspecified atom stereocenters. The fourth-order valence-corrected chi connectivity index (χ4v) is 4.79. The number of para-hydroxylation sites is 1. The van der Waals surface area contributed by atoms with Gasteiger partial charge < -0.3 is 4.74 Å². The Kier molecular flexibility index (Phi) is 3.88. The largest absolute Gasteiger partial charge is 0.421 e. The van der Waals surface area contributed by atoms with Crippen molar-refractivity contribution in [2.24, 2.45) is 23.7 Å². The predicted molar refractivity (Wildman–Crippen MR) is 103 cm³/mol. The molecule has 0 spiro atoms. The Hall–Kier alpha value is -2.92. The standard InChI is InChI=1S/C22H16ClNO4/c23-16-6-1-2-7-17(16)28-22(27)14-4-3-5-15(11-14)24-20(25)18-12-8-9-13(10-12)19(18)21(24)26/h1-9,11-13,18-19H,10H2/t12-,13+,18-,19-/m0/s1. The lowest BCUT2D eigenvalue weighted by molar-refractivity contribution is -0.123. The minimum absolute atomic E-state index is 0.143. The van der Waals surface area contributed by atoms with E-state index in [0.29, 0.717) is 10.7 Å². The van der Waals surface area contributed by atoms with Gasteiger partial charge in [-0.2, -0.15) is 0 Å². The number of ether oxygens (including phenoxy) is 1. The van der Waals surface area contributed by atoms with Crippen molar-refractivity contribution in [2.45, 2.75) is 6.42 Å². The Balaban J connectivity index is 1.42. The molecule has 2 bridgehead atoms. The summed E-state index contributed by atoms with van der Waals surface area (Å²) in [6, 6.07) is 13.1. The lowest BCUT2D eigenvalue weighted by atomic mass is 9.85. The molecule has 1 aliphatic heterocycles. The van der Waals surface area contributed by atoms with Crippen molar-refractivity contribution in [1.82, 2.24) is 0 Å². The van der Waals surface area contributed by atoms with Gasteiger partial charge in [0.25, 0.3) is 0 Å². The summed E-state index contributed by atoms with van der Waals surface area (Å²) in [6.07, 6.45) is 4.99. The van der Waals surface area contributed by atoms with Crippen LogP contribution < -0.4 is 9.64 Å². The molecule has 4 atom stereocenters. The summed E-state index contributed by atoms with van der Waals surface area (Å²) in [7, 11) is 0. The van der Waals surface area contributed by atoms with Gasteiger partial charge in [-0.25, -0.2) is 9.69 Å². The number of nitrogens with zero attached hydrogens (tertiary/aromatic N) is 1. The van der Waals surface area contributed by atoms with Crippen molar-refractivity contribution in [1.29, 1.82) is 0 Å². The van der Waals surface area contributed by atoms with Crippen molar-refractivity contribution < 1.29 is 19.1 Å². The van der Waals surface area contributed by atoms with Gasteiger partial charge in [-0.15, -0.1) is 0 Å². The third kappa shape index (κ3) is 2.50. The number of benzene rings is 2. The number of allylic oxidation sites excluding steroid dienone is 2. The maximum atomic E-state index is 12.9. The lowest BCUT2D eigenvalue weighted by Crippen LogP contribution is -2.33. The highest BCUT2D eigenvalue weighted by Gasteiger charge is 2.59. The summed E-state index contributed by atoms with van der Waals surface area (Å²) in [4.78, 5) is 39.6. The van der Waals surface area contributed by atoms with E-state index in [0.717, 1.165) is 6.42 Å². The highest BCUT2D eigenvalue weighted by molar-refractivity contribution is 6.32. The van der Waals surface area contributed by atoms with Gasteiger partial charge in [-0.05, 0) is 48.6 Å². The van der Waals surface area contributed by atoms with E-state index in [1.165, 1.54) is 11.0 Å². The molecule has 5 nitrogen and oxygen atoms in total. The highest BCUT2D eigenvalue weighted by atomic mass is 35.5. The van der Waals surface area contributed by atoms with Crippen molar-refractivity contribution in [2.75, 3.05) is 4.90 Å². The molecule has 2 aliphatic carbocycles. The zero-order chi connectivity index (χ0) is 19.4. The average molecular weight is 394 g/mol. The van der Waals surface area contributed by atoms with Crippen molar-refractivity contribution in [3.63, 3.8) is 0 Å². The quantitative estimate of drug-likeness (QED) is 0.343. The molecule has 2 amide bonds. The number of esters is 1. The minimum Gasteiger partial charge on any atom is -0.421 e. The van der Waals surface area contributed by atoms with E-state index in [1.807, 2.05) is 0 Å². The number of hydrogen-bond acceptors (Lipinski definition) is 4. The van der Waals surface area contributed by atoms with E-state index in [2.05, 4.69) is 12.2 Å². The number of carbonyl (C=O) groups is 3. The topological polar surface area (TPSA) is 63.7 Å². The Morgan fingerprint density at radius 1 is 0.964 bits per heavy atom. The number of rotatable bonds is 3. The maximum absolute atomic E-state index is 12.9. The van der Waals surface area contributed by atoms with Crippen LogP contribution in [0.1, 0.15) is 16.8 Å². The van der Waals surface area contributed by atoms with Crippen LogP contribution in [0.15, 0.2) is 60.7 Å². The second-order valence-corrected chi connectivity index (χ2v) is 7.79. The number of carbonyl (C=O) groups excluding carboxylic acids is 3. The van der Waals surface area contributed by atoms with Crippen LogP contribution in [0.5, 0.6) is 5.75 Å². The molecule has 3 aliphatic rings. The highest BCUT2D eigenvalue weighted by Crippen LogP contribution is 2.53. The predicted octanol–water partition coefficient (Wildman–Crippen LogP) is 3.87. The summed E-state index contributed by atoms with van der Waals surface area (Å²) in [5.74, 6) is -0.967. The van der Waals surface area contributed by atoms with Crippen molar-refractivity contribution in [3.05, 3.63) is 71.3 Å². The first-order valence-electron chi connectivity index (χ1n) is 9.17. The minimum atomic E-state index is -0.601. The number of fused-ring (bicyclic) bond motifs is 5. The summed E-state index contributed by atoms with van der Waals surface area (Å²) >= 11 is 6.04. The SMILES string of the molecule is O=C(Oc1ccccc1Cl)c1cccc(N2C(=O)[C@@H]3[C@@H](C2=O)[C@H]2C=C[C@@H]3C2)c1. The van der Waals surface area contributed by atoms with Gasteiger partial charge in [-0.3, -0.25) is 9.59 Å². The van der Waals surface area contributed by atoms with E-state index in [1.54, 1.807) is 42.5 Å². The van der Waals surface area contributed by atoms with Crippen LogP contribution in [0.3, 0.4) is 0 Å². The summed E-state index contributed by atoms with van der Waals surface area (Å²) in [5, 5.41) is 0.327. The third-order valence-electron chi connectivity index (χ3n) is 5.85. The monoisotopic (exact) mass is 393 g/mol. The van der Waals surface area contributed by atoms with Gasteiger partial charge in [0.05, 0.1) is 28.1 Å². The fourth-order valence-electron chi connectivity index (χ4n) is 4.62. The van der Waals surface area contributed by atoms with Crippen LogP contribution in [-0.4, -0.2) is 17.8 Å². The van der Waals surface area contributed by atoms with Gasteiger partial charge in [0, 0.05) is 0 Å². The molecule has 1 heterocycles. The van der Waals surface area contributed by atoms with Crippen LogP contribution in [0, 0.1) is 23.7 Å². The van der Waals surface area contributed by atoms with E-state index in [9.17, 15) is 14.4 Å². The summed E-state index contributed by atoms with van der Waals surface area (Å²) < 4.78 is 5.35. The van der Waals surface area contributed by atoms with E-state index < -0.39 is 5.97 Å². The zero-order valence-electron chi connectivity index (χ0n) is 14.7. The van der Waals surface area contributed by atoms with Gasteiger partial charge in [-0.1, -0.05) is 42.0 Å². The first kappa shape index (κ1) is 17.2. The molecule has 1 saturated heterocycles. The second-order valence-electron chi connectivity index (χ2n) is 7.38. The fraction of sp³-hybridized carbons (Fsp3) is 0.227. The smallest absolute Gasteiger partial charge is 0.343 e. The molecule has 0 radical (unpaired) electrons.